The molecule has 1 aliphatic carbocycles. The van der Waals surface area contributed by atoms with E-state index in [9.17, 15) is 13.2 Å². The van der Waals surface area contributed by atoms with Crippen LogP contribution in [0.25, 0.3) is 0 Å². The van der Waals surface area contributed by atoms with E-state index >= 15 is 0 Å². The monoisotopic (exact) mass is 402 g/mol. The molecule has 150 valence electrons. The highest BCUT2D eigenvalue weighted by molar-refractivity contribution is 7.92. The van der Waals surface area contributed by atoms with Crippen molar-refractivity contribution in [1.82, 2.24) is 5.32 Å². The van der Waals surface area contributed by atoms with Crippen LogP contribution < -0.4 is 14.4 Å². The summed E-state index contributed by atoms with van der Waals surface area (Å²) in [5, 5.41) is 3.01. The summed E-state index contributed by atoms with van der Waals surface area (Å²) < 4.78 is 31.5. The number of anilines is 1. The Labute approximate surface area is 166 Å². The first-order valence-electron chi connectivity index (χ1n) is 9.47. The van der Waals surface area contributed by atoms with E-state index in [1.54, 1.807) is 24.3 Å². The number of hydrogen-bond donors (Lipinski definition) is 1. The predicted octanol–water partition coefficient (Wildman–Crippen LogP) is 3.05. The molecule has 2 aromatic rings. The summed E-state index contributed by atoms with van der Waals surface area (Å²) in [5.41, 5.74) is 2.72. The molecule has 7 heteroatoms. The van der Waals surface area contributed by atoms with E-state index in [-0.39, 0.29) is 18.5 Å². The van der Waals surface area contributed by atoms with Gasteiger partial charge in [0.15, 0.2) is 0 Å². The fourth-order valence-electron chi connectivity index (χ4n) is 3.60. The third kappa shape index (κ3) is 4.65. The van der Waals surface area contributed by atoms with E-state index in [2.05, 4.69) is 11.4 Å². The van der Waals surface area contributed by atoms with Crippen LogP contribution in [0.3, 0.4) is 0 Å². The van der Waals surface area contributed by atoms with E-state index in [1.165, 1.54) is 5.56 Å². The van der Waals surface area contributed by atoms with Crippen molar-refractivity contribution in [2.75, 3.05) is 23.7 Å². The van der Waals surface area contributed by atoms with Crippen LogP contribution in [0.1, 0.15) is 36.9 Å². The number of fused-ring (bicyclic) bond motifs is 1. The Morgan fingerprint density at radius 3 is 2.64 bits per heavy atom. The number of nitrogens with zero attached hydrogens (tertiary/aromatic N) is 1. The third-order valence-electron chi connectivity index (χ3n) is 4.83. The molecule has 1 aliphatic rings. The van der Waals surface area contributed by atoms with Gasteiger partial charge in [-0.2, -0.15) is 0 Å². The van der Waals surface area contributed by atoms with Gasteiger partial charge >= 0.3 is 0 Å². The highest BCUT2D eigenvalue weighted by atomic mass is 32.2. The zero-order valence-electron chi connectivity index (χ0n) is 16.2. The summed E-state index contributed by atoms with van der Waals surface area (Å²) in [6, 6.07) is 14.8. The number of ether oxygens (including phenoxy) is 1. The lowest BCUT2D eigenvalue weighted by Gasteiger charge is -2.28. The smallest absolute Gasteiger partial charge is 0.241 e. The Bertz CT molecular complexity index is 943. The molecule has 0 bridgehead atoms. The summed E-state index contributed by atoms with van der Waals surface area (Å²) in [6.45, 7) is 1.94. The van der Waals surface area contributed by atoms with Gasteiger partial charge in [0.2, 0.25) is 15.9 Å². The van der Waals surface area contributed by atoms with Crippen molar-refractivity contribution in [2.24, 2.45) is 0 Å². The molecular weight excluding hydrogens is 376 g/mol. The predicted molar refractivity (Wildman–Crippen MR) is 110 cm³/mol. The average Bonchev–Trinajstić information content (AvgIpc) is 2.66. The zero-order valence-corrected chi connectivity index (χ0v) is 17.0. The fourth-order valence-corrected chi connectivity index (χ4v) is 4.46. The second-order valence-electron chi connectivity index (χ2n) is 6.88. The van der Waals surface area contributed by atoms with Crippen LogP contribution in [-0.2, 0) is 21.2 Å². The van der Waals surface area contributed by atoms with Crippen LogP contribution in [0.4, 0.5) is 5.69 Å². The van der Waals surface area contributed by atoms with E-state index < -0.39 is 10.0 Å². The van der Waals surface area contributed by atoms with Crippen molar-refractivity contribution in [1.29, 1.82) is 0 Å². The number of carbonyl (C=O) groups excluding carboxylic acids is 1. The largest absolute Gasteiger partial charge is 0.492 e. The lowest BCUT2D eigenvalue weighted by atomic mass is 9.88. The van der Waals surface area contributed by atoms with Gasteiger partial charge in [-0.05, 0) is 49.4 Å². The minimum Gasteiger partial charge on any atom is -0.492 e. The number of sulfonamides is 1. The van der Waals surface area contributed by atoms with Crippen LogP contribution in [-0.4, -0.2) is 33.7 Å². The number of nitrogens with one attached hydrogen (secondary N) is 1. The maximum absolute atomic E-state index is 12.8. The van der Waals surface area contributed by atoms with Crippen molar-refractivity contribution in [2.45, 2.75) is 32.2 Å². The molecule has 0 aliphatic heterocycles. The van der Waals surface area contributed by atoms with Gasteiger partial charge < -0.3 is 10.1 Å². The highest BCUT2D eigenvalue weighted by Gasteiger charge is 2.26. The molecule has 3 rings (SSSR count). The Hall–Kier alpha value is -2.54. The molecule has 0 spiro atoms. The minimum absolute atomic E-state index is 0.0963. The molecule has 1 amide bonds. The molecule has 0 aromatic heterocycles. The molecule has 0 unspecified atom stereocenters. The van der Waals surface area contributed by atoms with Crippen LogP contribution in [0.2, 0.25) is 0 Å². The molecule has 1 atom stereocenters. The molecular formula is C21H26N2O4S. The van der Waals surface area contributed by atoms with Crippen molar-refractivity contribution < 1.29 is 17.9 Å². The number of carbonyl (C=O) groups is 1. The molecule has 0 heterocycles. The number of amides is 1. The molecule has 2 aromatic carbocycles. The fraction of sp³-hybridized carbons (Fsp3) is 0.381. The molecule has 0 saturated carbocycles. The molecule has 0 saturated heterocycles. The van der Waals surface area contributed by atoms with Crippen molar-refractivity contribution >= 4 is 21.6 Å². The normalized spacial score (nSPS) is 16.1. The lowest BCUT2D eigenvalue weighted by molar-refractivity contribution is -0.120. The standard InChI is InChI=1S/C21H26N2O4S/c1-3-27-20-14-7-6-13-19(20)23(28(2,25)26)15-21(24)22-18-12-8-10-16-9-4-5-11-17(16)18/h4-7,9,11,13-14,18H,3,8,10,12,15H2,1-2H3,(H,22,24)/t18-/m0/s1. The Kier molecular flexibility index (Phi) is 6.24. The summed E-state index contributed by atoms with van der Waals surface area (Å²) in [6.07, 6.45) is 3.93. The average molecular weight is 403 g/mol. The molecule has 1 N–H and O–H groups in total. The quantitative estimate of drug-likeness (QED) is 0.772. The van der Waals surface area contributed by atoms with E-state index in [0.29, 0.717) is 18.0 Å². The van der Waals surface area contributed by atoms with Gasteiger partial charge in [-0.1, -0.05) is 36.4 Å². The van der Waals surface area contributed by atoms with Crippen molar-refractivity contribution in [3.63, 3.8) is 0 Å². The number of rotatable bonds is 7. The molecule has 0 fully saturated rings. The summed E-state index contributed by atoms with van der Waals surface area (Å²) in [4.78, 5) is 12.8. The van der Waals surface area contributed by atoms with E-state index in [1.807, 2.05) is 25.1 Å². The van der Waals surface area contributed by atoms with Gasteiger partial charge in [-0.25, -0.2) is 8.42 Å². The van der Waals surface area contributed by atoms with Gasteiger partial charge in [0.05, 0.1) is 24.6 Å². The maximum atomic E-state index is 12.8. The van der Waals surface area contributed by atoms with Gasteiger partial charge in [-0.3, -0.25) is 9.10 Å². The first-order valence-corrected chi connectivity index (χ1v) is 11.3. The molecule has 6 nitrogen and oxygen atoms in total. The number of para-hydroxylation sites is 2. The zero-order chi connectivity index (χ0) is 20.1. The van der Waals surface area contributed by atoms with Crippen LogP contribution in [0.15, 0.2) is 48.5 Å². The second-order valence-corrected chi connectivity index (χ2v) is 8.79. The van der Waals surface area contributed by atoms with Crippen LogP contribution in [0.5, 0.6) is 5.75 Å². The first-order chi connectivity index (χ1) is 13.4. The number of aryl methyl sites for hydroxylation is 1. The molecule has 28 heavy (non-hydrogen) atoms. The SMILES string of the molecule is CCOc1ccccc1N(CC(=O)N[C@H]1CCCc2ccccc21)S(C)(=O)=O. The first kappa shape index (κ1) is 20.2. The van der Waals surface area contributed by atoms with Gasteiger partial charge in [0.25, 0.3) is 0 Å². The Morgan fingerprint density at radius 1 is 1.18 bits per heavy atom. The summed E-state index contributed by atoms with van der Waals surface area (Å²) in [7, 11) is -3.66. The van der Waals surface area contributed by atoms with Crippen molar-refractivity contribution in [3.8, 4) is 5.75 Å². The third-order valence-corrected chi connectivity index (χ3v) is 5.95. The Balaban J connectivity index is 1.81. The Morgan fingerprint density at radius 2 is 1.89 bits per heavy atom. The van der Waals surface area contributed by atoms with E-state index in [0.717, 1.165) is 35.4 Å². The minimum atomic E-state index is -3.66. The van der Waals surface area contributed by atoms with Crippen LogP contribution in [0, 0.1) is 0 Å². The van der Waals surface area contributed by atoms with Crippen molar-refractivity contribution in [3.05, 3.63) is 59.7 Å². The second kappa shape index (κ2) is 8.65. The summed E-state index contributed by atoms with van der Waals surface area (Å²) >= 11 is 0. The van der Waals surface area contributed by atoms with E-state index in [4.69, 9.17) is 4.74 Å². The molecule has 0 radical (unpaired) electrons. The topological polar surface area (TPSA) is 75.7 Å². The number of benzene rings is 2. The summed E-state index contributed by atoms with van der Waals surface area (Å²) in [5.74, 6) is 0.102. The lowest BCUT2D eigenvalue weighted by Crippen LogP contribution is -2.42. The van der Waals surface area contributed by atoms with Gasteiger partial charge in [-0.15, -0.1) is 0 Å². The maximum Gasteiger partial charge on any atom is 0.241 e. The van der Waals surface area contributed by atoms with Gasteiger partial charge in [0.1, 0.15) is 12.3 Å². The van der Waals surface area contributed by atoms with Crippen LogP contribution >= 0.6 is 0 Å². The van der Waals surface area contributed by atoms with Gasteiger partial charge in [0, 0.05) is 0 Å². The highest BCUT2D eigenvalue weighted by Crippen LogP contribution is 2.31. The number of hydrogen-bond acceptors (Lipinski definition) is 4.